The van der Waals surface area contributed by atoms with Gasteiger partial charge < -0.3 is 24.6 Å². The van der Waals surface area contributed by atoms with Gasteiger partial charge in [0.05, 0.1) is 31.1 Å². The summed E-state index contributed by atoms with van der Waals surface area (Å²) in [5.74, 6) is 1.75. The number of rotatable bonds is 10. The highest BCUT2D eigenvalue weighted by molar-refractivity contribution is 5.91. The Bertz CT molecular complexity index is 1160. The molecule has 8 nitrogen and oxygen atoms in total. The van der Waals surface area contributed by atoms with Crippen LogP contribution < -0.4 is 14.8 Å². The summed E-state index contributed by atoms with van der Waals surface area (Å²) in [6.07, 6.45) is 1.26. The normalized spacial score (nSPS) is 11.6. The molecule has 1 aliphatic carbocycles. The van der Waals surface area contributed by atoms with Gasteiger partial charge in [-0.2, -0.15) is 5.10 Å². The Morgan fingerprint density at radius 2 is 1.97 bits per heavy atom. The Morgan fingerprint density at radius 3 is 2.73 bits per heavy atom. The predicted molar refractivity (Wildman–Crippen MR) is 125 cm³/mol. The number of fused-ring (bicyclic) bond motifs is 3. The molecule has 0 amide bonds. The third kappa shape index (κ3) is 4.66. The van der Waals surface area contributed by atoms with E-state index in [0.717, 1.165) is 33.9 Å². The van der Waals surface area contributed by atoms with Gasteiger partial charge in [-0.1, -0.05) is 6.07 Å². The number of aliphatic hydroxyl groups excluding tert-OH is 1. The number of aliphatic hydroxyl groups is 1. The smallest absolute Gasteiger partial charge is 0.338 e. The van der Waals surface area contributed by atoms with E-state index in [-0.39, 0.29) is 12.6 Å². The number of nitrogens with one attached hydrogen (secondary N) is 1. The maximum atomic E-state index is 12.1. The fourth-order valence-electron chi connectivity index (χ4n) is 4.03. The minimum absolute atomic E-state index is 0.0766. The van der Waals surface area contributed by atoms with Crippen molar-refractivity contribution in [1.29, 1.82) is 0 Å². The highest BCUT2D eigenvalue weighted by atomic mass is 16.5. The SMILES string of the molecule is CCOC(=O)c1cccc(Nc2nn(C)c3c2Cc2cc(OCC)c(OCCCO)cc2-3)c1. The molecule has 0 unspecified atom stereocenters. The second-order valence-electron chi connectivity index (χ2n) is 7.72. The zero-order chi connectivity index (χ0) is 23.4. The molecule has 8 heteroatoms. The molecule has 0 atom stereocenters. The first kappa shape index (κ1) is 22.7. The summed E-state index contributed by atoms with van der Waals surface area (Å²) in [6.45, 7) is 5.08. The number of esters is 1. The molecule has 3 aromatic rings. The van der Waals surface area contributed by atoms with E-state index in [1.54, 1.807) is 19.1 Å². The molecule has 1 heterocycles. The summed E-state index contributed by atoms with van der Waals surface area (Å²) >= 11 is 0. The molecule has 4 rings (SSSR count). The van der Waals surface area contributed by atoms with Crippen molar-refractivity contribution in [2.75, 3.05) is 31.7 Å². The number of nitrogens with zero attached hydrogens (tertiary/aromatic N) is 2. The van der Waals surface area contributed by atoms with Crippen LogP contribution in [-0.2, 0) is 18.2 Å². The molecule has 0 spiro atoms. The quantitative estimate of drug-likeness (QED) is 0.277. The predicted octanol–water partition coefficient (Wildman–Crippen LogP) is 4.07. The second-order valence-corrected chi connectivity index (χ2v) is 7.72. The van der Waals surface area contributed by atoms with E-state index in [0.29, 0.717) is 49.7 Å². The van der Waals surface area contributed by atoms with E-state index in [1.807, 2.05) is 42.9 Å². The van der Waals surface area contributed by atoms with Crippen LogP contribution in [0.3, 0.4) is 0 Å². The van der Waals surface area contributed by atoms with Gasteiger partial charge in [-0.15, -0.1) is 0 Å². The number of benzene rings is 2. The van der Waals surface area contributed by atoms with Crippen molar-refractivity contribution < 1.29 is 24.1 Å². The third-order valence-electron chi connectivity index (χ3n) is 5.43. The maximum Gasteiger partial charge on any atom is 0.338 e. The van der Waals surface area contributed by atoms with E-state index < -0.39 is 0 Å². The Labute approximate surface area is 193 Å². The van der Waals surface area contributed by atoms with Crippen molar-refractivity contribution in [3.05, 3.63) is 53.1 Å². The van der Waals surface area contributed by atoms with Crippen molar-refractivity contribution in [3.63, 3.8) is 0 Å². The van der Waals surface area contributed by atoms with Gasteiger partial charge in [0.2, 0.25) is 0 Å². The van der Waals surface area contributed by atoms with E-state index >= 15 is 0 Å². The standard InChI is InChI=1S/C25H29N3O5/c1-4-31-21-14-17-13-20-23(19(17)15-22(21)33-11-7-10-29)28(3)27-24(20)26-18-9-6-8-16(12-18)25(30)32-5-2/h6,8-9,12,14-15,29H,4-5,7,10-11,13H2,1-3H3,(H,26,27). The number of hydrogen-bond donors (Lipinski definition) is 2. The lowest BCUT2D eigenvalue weighted by atomic mass is 10.1. The number of anilines is 2. The second kappa shape index (κ2) is 9.95. The molecule has 0 saturated heterocycles. The van der Waals surface area contributed by atoms with Crippen molar-refractivity contribution in [2.24, 2.45) is 7.05 Å². The van der Waals surface area contributed by atoms with Crippen LogP contribution >= 0.6 is 0 Å². The molecule has 2 N–H and O–H groups in total. The van der Waals surface area contributed by atoms with Crippen molar-refractivity contribution in [3.8, 4) is 22.8 Å². The van der Waals surface area contributed by atoms with Gasteiger partial charge in [-0.25, -0.2) is 4.79 Å². The van der Waals surface area contributed by atoms with Crippen LogP contribution in [0.1, 0.15) is 41.8 Å². The highest BCUT2D eigenvalue weighted by Gasteiger charge is 2.29. The van der Waals surface area contributed by atoms with Crippen LogP contribution in [0.4, 0.5) is 11.5 Å². The number of aryl methyl sites for hydroxylation is 1. The molecule has 0 saturated carbocycles. The van der Waals surface area contributed by atoms with E-state index in [9.17, 15) is 4.79 Å². The van der Waals surface area contributed by atoms with Crippen LogP contribution in [0.2, 0.25) is 0 Å². The highest BCUT2D eigenvalue weighted by Crippen LogP contribution is 2.45. The fourth-order valence-corrected chi connectivity index (χ4v) is 4.03. The van der Waals surface area contributed by atoms with Crippen LogP contribution in [0, 0.1) is 0 Å². The monoisotopic (exact) mass is 451 g/mol. The summed E-state index contributed by atoms with van der Waals surface area (Å²) in [6, 6.07) is 11.2. The average Bonchev–Trinajstić information content (AvgIpc) is 3.31. The summed E-state index contributed by atoms with van der Waals surface area (Å²) in [5, 5.41) is 17.1. The first-order chi connectivity index (χ1) is 16.0. The number of ether oxygens (including phenoxy) is 3. The van der Waals surface area contributed by atoms with Gasteiger partial charge in [0.1, 0.15) is 0 Å². The Morgan fingerprint density at radius 1 is 1.15 bits per heavy atom. The van der Waals surface area contributed by atoms with Crippen molar-refractivity contribution in [1.82, 2.24) is 9.78 Å². The molecule has 2 aromatic carbocycles. The number of aromatic nitrogens is 2. The van der Waals surface area contributed by atoms with E-state index in [1.165, 1.54) is 0 Å². The van der Waals surface area contributed by atoms with Crippen molar-refractivity contribution in [2.45, 2.75) is 26.7 Å². The minimum Gasteiger partial charge on any atom is -0.490 e. The Hall–Kier alpha value is -3.52. The Kier molecular flexibility index (Phi) is 6.84. The van der Waals surface area contributed by atoms with Gasteiger partial charge in [0.15, 0.2) is 17.3 Å². The third-order valence-corrected chi connectivity index (χ3v) is 5.43. The molecule has 174 valence electrons. The van der Waals surface area contributed by atoms with Gasteiger partial charge in [-0.05, 0) is 49.7 Å². The average molecular weight is 452 g/mol. The molecule has 0 fully saturated rings. The molecular weight excluding hydrogens is 422 g/mol. The first-order valence-electron chi connectivity index (χ1n) is 11.2. The molecule has 0 bridgehead atoms. The van der Waals surface area contributed by atoms with Crippen molar-refractivity contribution >= 4 is 17.5 Å². The lowest BCUT2D eigenvalue weighted by Crippen LogP contribution is -2.05. The molecule has 0 radical (unpaired) electrons. The van der Waals surface area contributed by atoms with Gasteiger partial charge in [0.25, 0.3) is 0 Å². The van der Waals surface area contributed by atoms with E-state index in [2.05, 4.69) is 10.4 Å². The lowest BCUT2D eigenvalue weighted by Gasteiger charge is -2.14. The minimum atomic E-state index is -0.350. The fraction of sp³-hybridized carbons (Fsp3) is 0.360. The van der Waals surface area contributed by atoms with E-state index in [4.69, 9.17) is 19.3 Å². The van der Waals surface area contributed by atoms with Gasteiger partial charge in [0, 0.05) is 43.3 Å². The molecule has 1 aliphatic rings. The van der Waals surface area contributed by atoms with Gasteiger partial charge in [-0.3, -0.25) is 4.68 Å². The number of hydrogen-bond acceptors (Lipinski definition) is 7. The summed E-state index contributed by atoms with van der Waals surface area (Å²) in [5.41, 5.74) is 5.53. The largest absolute Gasteiger partial charge is 0.490 e. The summed E-state index contributed by atoms with van der Waals surface area (Å²) in [4.78, 5) is 12.1. The lowest BCUT2D eigenvalue weighted by molar-refractivity contribution is 0.0526. The Balaban J connectivity index is 1.64. The number of carbonyl (C=O) groups is 1. The van der Waals surface area contributed by atoms with Crippen LogP contribution in [0.25, 0.3) is 11.3 Å². The van der Waals surface area contributed by atoms with Crippen LogP contribution in [-0.4, -0.2) is 47.3 Å². The summed E-state index contributed by atoms with van der Waals surface area (Å²) in [7, 11) is 1.91. The van der Waals surface area contributed by atoms with Crippen LogP contribution in [0.5, 0.6) is 11.5 Å². The van der Waals surface area contributed by atoms with Crippen LogP contribution in [0.15, 0.2) is 36.4 Å². The molecule has 1 aromatic heterocycles. The summed E-state index contributed by atoms with van der Waals surface area (Å²) < 4.78 is 18.7. The molecule has 0 aliphatic heterocycles. The maximum absolute atomic E-state index is 12.1. The van der Waals surface area contributed by atoms with Gasteiger partial charge >= 0.3 is 5.97 Å². The first-order valence-corrected chi connectivity index (χ1v) is 11.2. The molecule has 33 heavy (non-hydrogen) atoms. The zero-order valence-electron chi connectivity index (χ0n) is 19.2. The molecular formula is C25H29N3O5. The number of carbonyl (C=O) groups excluding carboxylic acids is 1. The topological polar surface area (TPSA) is 94.8 Å². The zero-order valence-corrected chi connectivity index (χ0v) is 19.2.